The smallest absolute Gasteiger partial charge is 0.138 e. The molecule has 5 rings (SSSR count). The van der Waals surface area contributed by atoms with Gasteiger partial charge in [-0.3, -0.25) is 0 Å². The van der Waals surface area contributed by atoms with E-state index in [0.29, 0.717) is 5.92 Å². The van der Waals surface area contributed by atoms with Gasteiger partial charge in [0, 0.05) is 10.8 Å². The lowest BCUT2D eigenvalue weighted by atomic mass is 9.83. The molecule has 4 aromatic rings. The van der Waals surface area contributed by atoms with Crippen molar-refractivity contribution in [3.05, 3.63) is 60.2 Å². The summed E-state index contributed by atoms with van der Waals surface area (Å²) in [7, 11) is 0. The average molecular weight is 300 g/mol. The van der Waals surface area contributed by atoms with E-state index in [9.17, 15) is 0 Å². The normalized spacial score (nSPS) is 16.5. The molecule has 0 unspecified atom stereocenters. The molecule has 1 heteroatoms. The molecule has 1 heterocycles. The van der Waals surface area contributed by atoms with E-state index in [1.54, 1.807) is 0 Å². The van der Waals surface area contributed by atoms with E-state index in [0.717, 1.165) is 11.2 Å². The second kappa shape index (κ2) is 5.13. The van der Waals surface area contributed by atoms with Crippen LogP contribution in [-0.4, -0.2) is 0 Å². The van der Waals surface area contributed by atoms with Gasteiger partial charge < -0.3 is 4.42 Å². The Labute approximate surface area is 135 Å². The number of fused-ring (bicyclic) bond motifs is 5. The van der Waals surface area contributed by atoms with Crippen LogP contribution in [0.5, 0.6) is 0 Å². The van der Waals surface area contributed by atoms with Gasteiger partial charge >= 0.3 is 0 Å². The molecule has 1 aliphatic rings. The summed E-state index contributed by atoms with van der Waals surface area (Å²) in [4.78, 5) is 0. The summed E-state index contributed by atoms with van der Waals surface area (Å²) < 4.78 is 6.34. The van der Waals surface area contributed by atoms with E-state index in [2.05, 4.69) is 54.6 Å². The van der Waals surface area contributed by atoms with Crippen molar-refractivity contribution in [2.45, 2.75) is 38.0 Å². The summed E-state index contributed by atoms with van der Waals surface area (Å²) >= 11 is 0. The number of hydrogen-bond acceptors (Lipinski definition) is 1. The molecular weight excluding hydrogens is 280 g/mol. The number of furan rings is 1. The van der Waals surface area contributed by atoms with Crippen LogP contribution in [0.15, 0.2) is 59.0 Å². The van der Waals surface area contributed by atoms with Gasteiger partial charge in [0.15, 0.2) is 0 Å². The molecule has 0 aliphatic heterocycles. The fourth-order valence-electron chi connectivity index (χ4n) is 4.33. The zero-order valence-electron chi connectivity index (χ0n) is 13.2. The molecule has 0 amide bonds. The molecule has 114 valence electrons. The van der Waals surface area contributed by atoms with Crippen LogP contribution in [-0.2, 0) is 0 Å². The van der Waals surface area contributed by atoms with Gasteiger partial charge in [-0.1, -0.05) is 67.8 Å². The fourth-order valence-corrected chi connectivity index (χ4v) is 4.33. The van der Waals surface area contributed by atoms with Gasteiger partial charge in [-0.25, -0.2) is 0 Å². The first kappa shape index (κ1) is 13.2. The zero-order valence-corrected chi connectivity index (χ0v) is 13.2. The third-order valence-electron chi connectivity index (χ3n) is 5.46. The highest BCUT2D eigenvalue weighted by atomic mass is 16.3. The molecule has 23 heavy (non-hydrogen) atoms. The van der Waals surface area contributed by atoms with Gasteiger partial charge in [0.2, 0.25) is 0 Å². The Morgan fingerprint density at radius 1 is 0.739 bits per heavy atom. The molecule has 1 nitrogen and oxygen atoms in total. The van der Waals surface area contributed by atoms with E-state index in [4.69, 9.17) is 4.42 Å². The first-order valence-electron chi connectivity index (χ1n) is 8.75. The van der Waals surface area contributed by atoms with Crippen molar-refractivity contribution >= 4 is 32.7 Å². The van der Waals surface area contributed by atoms with Crippen LogP contribution in [0, 0.1) is 0 Å². The summed E-state index contributed by atoms with van der Waals surface area (Å²) in [5.41, 5.74) is 3.55. The number of rotatable bonds is 1. The van der Waals surface area contributed by atoms with Crippen LogP contribution >= 0.6 is 0 Å². The predicted octanol–water partition coefficient (Wildman–Crippen LogP) is 6.79. The molecule has 0 atom stereocenters. The van der Waals surface area contributed by atoms with Crippen molar-refractivity contribution in [1.82, 2.24) is 0 Å². The summed E-state index contributed by atoms with van der Waals surface area (Å²) in [6.45, 7) is 0. The van der Waals surface area contributed by atoms with Crippen molar-refractivity contribution in [2.24, 2.45) is 0 Å². The molecule has 1 saturated carbocycles. The van der Waals surface area contributed by atoms with E-state index in [1.165, 1.54) is 59.2 Å². The molecule has 1 aromatic heterocycles. The molecule has 0 bridgehead atoms. The Balaban J connectivity index is 1.84. The van der Waals surface area contributed by atoms with Crippen LogP contribution in [0.4, 0.5) is 0 Å². The van der Waals surface area contributed by atoms with Crippen LogP contribution in [0.25, 0.3) is 32.7 Å². The van der Waals surface area contributed by atoms with Gasteiger partial charge in [0.05, 0.1) is 0 Å². The summed E-state index contributed by atoms with van der Waals surface area (Å²) in [5.74, 6) is 0.666. The first-order valence-corrected chi connectivity index (χ1v) is 8.75. The molecule has 1 aliphatic carbocycles. The quantitative estimate of drug-likeness (QED) is 0.377. The van der Waals surface area contributed by atoms with Crippen molar-refractivity contribution in [3.8, 4) is 0 Å². The summed E-state index contributed by atoms with van der Waals surface area (Å²) in [6, 6.07) is 19.6. The van der Waals surface area contributed by atoms with E-state index in [1.807, 2.05) is 0 Å². The maximum atomic E-state index is 6.34. The SMILES string of the molecule is c1ccc2c(c1)ccc1oc3c(C4CCCCC4)cccc3c12. The largest absolute Gasteiger partial charge is 0.456 e. The zero-order chi connectivity index (χ0) is 15.2. The van der Waals surface area contributed by atoms with E-state index < -0.39 is 0 Å². The van der Waals surface area contributed by atoms with Crippen molar-refractivity contribution in [1.29, 1.82) is 0 Å². The monoisotopic (exact) mass is 300 g/mol. The van der Waals surface area contributed by atoms with Crippen molar-refractivity contribution in [2.75, 3.05) is 0 Å². The fraction of sp³-hybridized carbons (Fsp3) is 0.273. The first-order chi connectivity index (χ1) is 11.4. The molecule has 0 N–H and O–H groups in total. The lowest BCUT2D eigenvalue weighted by Crippen LogP contribution is -2.04. The maximum Gasteiger partial charge on any atom is 0.138 e. The molecule has 0 radical (unpaired) electrons. The average Bonchev–Trinajstić information content (AvgIpc) is 3.01. The van der Waals surface area contributed by atoms with Gasteiger partial charge in [0.25, 0.3) is 0 Å². The van der Waals surface area contributed by atoms with Crippen molar-refractivity contribution in [3.63, 3.8) is 0 Å². The van der Waals surface area contributed by atoms with Crippen molar-refractivity contribution < 1.29 is 4.42 Å². The minimum atomic E-state index is 0.666. The van der Waals surface area contributed by atoms with Gasteiger partial charge in [-0.2, -0.15) is 0 Å². The third kappa shape index (κ3) is 1.99. The molecule has 0 spiro atoms. The summed E-state index contributed by atoms with van der Waals surface area (Å²) in [5, 5.41) is 5.13. The topological polar surface area (TPSA) is 13.1 Å². The number of para-hydroxylation sites is 1. The molecule has 1 fully saturated rings. The third-order valence-corrected chi connectivity index (χ3v) is 5.46. The number of benzene rings is 3. The van der Waals surface area contributed by atoms with Crippen LogP contribution < -0.4 is 0 Å². The Kier molecular flexibility index (Phi) is 2.94. The Bertz CT molecular complexity index is 1000. The lowest BCUT2D eigenvalue weighted by molar-refractivity contribution is 0.442. The number of hydrogen-bond donors (Lipinski definition) is 0. The predicted molar refractivity (Wildman–Crippen MR) is 97.1 cm³/mol. The van der Waals surface area contributed by atoms with Crippen LogP contribution in [0.2, 0.25) is 0 Å². The molecular formula is C22H20O. The lowest BCUT2D eigenvalue weighted by Gasteiger charge is -2.21. The van der Waals surface area contributed by atoms with E-state index >= 15 is 0 Å². The Hall–Kier alpha value is -2.28. The van der Waals surface area contributed by atoms with Gasteiger partial charge in [0.1, 0.15) is 11.2 Å². The standard InChI is InChI=1S/C22H20O/c1-2-7-15(8-3-1)18-11-6-12-19-21-17-10-5-4-9-16(17)13-14-20(21)23-22(18)19/h4-6,9-15H,1-3,7-8H2. The van der Waals surface area contributed by atoms with Crippen LogP contribution in [0.3, 0.4) is 0 Å². The second-order valence-corrected chi connectivity index (χ2v) is 6.82. The Morgan fingerprint density at radius 3 is 2.48 bits per heavy atom. The minimum absolute atomic E-state index is 0.666. The van der Waals surface area contributed by atoms with E-state index in [-0.39, 0.29) is 0 Å². The summed E-state index contributed by atoms with van der Waals surface area (Å²) in [6.07, 6.45) is 6.69. The van der Waals surface area contributed by atoms with Crippen LogP contribution in [0.1, 0.15) is 43.6 Å². The highest BCUT2D eigenvalue weighted by Crippen LogP contribution is 2.41. The molecule has 0 saturated heterocycles. The highest BCUT2D eigenvalue weighted by Gasteiger charge is 2.21. The Morgan fingerprint density at radius 2 is 1.57 bits per heavy atom. The van der Waals surface area contributed by atoms with Gasteiger partial charge in [-0.15, -0.1) is 0 Å². The minimum Gasteiger partial charge on any atom is -0.456 e. The maximum absolute atomic E-state index is 6.34. The molecule has 3 aromatic carbocycles. The second-order valence-electron chi connectivity index (χ2n) is 6.82. The van der Waals surface area contributed by atoms with Gasteiger partial charge in [-0.05, 0) is 41.2 Å². The highest BCUT2D eigenvalue weighted by molar-refractivity contribution is 6.19.